The van der Waals surface area contributed by atoms with Gasteiger partial charge in [0.15, 0.2) is 0 Å². The highest BCUT2D eigenvalue weighted by Gasteiger charge is 2.07. The molecule has 0 fully saturated rings. The summed E-state index contributed by atoms with van der Waals surface area (Å²) in [6.07, 6.45) is 2.55. The van der Waals surface area contributed by atoms with Crippen LogP contribution in [-0.2, 0) is 6.54 Å². The van der Waals surface area contributed by atoms with Gasteiger partial charge in [-0.3, -0.25) is 0 Å². The van der Waals surface area contributed by atoms with Crippen LogP contribution < -0.4 is 4.74 Å². The maximum Gasteiger partial charge on any atom is 0.122 e. The molecule has 0 saturated carbocycles. The maximum absolute atomic E-state index is 9.77. The van der Waals surface area contributed by atoms with E-state index in [9.17, 15) is 5.11 Å². The van der Waals surface area contributed by atoms with E-state index in [0.717, 1.165) is 11.3 Å². The van der Waals surface area contributed by atoms with Crippen LogP contribution >= 0.6 is 0 Å². The highest BCUT2D eigenvalue weighted by Crippen LogP contribution is 2.16. The van der Waals surface area contributed by atoms with Crippen molar-refractivity contribution in [2.45, 2.75) is 19.6 Å². The van der Waals surface area contributed by atoms with Gasteiger partial charge in [-0.25, -0.2) is 0 Å². The average Bonchev–Trinajstić information content (AvgIpc) is 2.81. The summed E-state index contributed by atoms with van der Waals surface area (Å²) in [7, 11) is 0. The largest absolute Gasteiger partial charge is 0.491 e. The van der Waals surface area contributed by atoms with E-state index in [0.29, 0.717) is 6.54 Å². The molecule has 0 aliphatic carbocycles. The van der Waals surface area contributed by atoms with Crippen molar-refractivity contribution in [3.63, 3.8) is 0 Å². The lowest BCUT2D eigenvalue weighted by molar-refractivity contribution is 0.0920. The maximum atomic E-state index is 9.77. The third-order valence-electron chi connectivity index (χ3n) is 2.41. The Morgan fingerprint density at radius 2 is 2.00 bits per heavy atom. The second-order valence-corrected chi connectivity index (χ2v) is 3.89. The van der Waals surface area contributed by atoms with Crippen molar-refractivity contribution >= 4 is 0 Å². The van der Waals surface area contributed by atoms with E-state index in [1.54, 1.807) is 17.2 Å². The molecule has 2 rings (SSSR count). The number of aliphatic hydroxyl groups excluding tert-OH is 1. The summed E-state index contributed by atoms with van der Waals surface area (Å²) in [6.45, 7) is 2.66. The van der Waals surface area contributed by atoms with Gasteiger partial charge in [0, 0.05) is 0 Å². The Labute approximate surface area is 99.7 Å². The standard InChI is InChI=1S/C12H15N3O2/c1-10-4-2-3-5-12(10)17-7-11(16)6-15-8-13-14-9-15/h2-5,8-9,11,16H,6-7H2,1H3. The van der Waals surface area contributed by atoms with Crippen LogP contribution in [0.1, 0.15) is 5.56 Å². The molecule has 1 atom stereocenters. The summed E-state index contributed by atoms with van der Waals surface area (Å²) in [5, 5.41) is 17.1. The first-order chi connectivity index (χ1) is 8.25. The van der Waals surface area contributed by atoms with E-state index in [4.69, 9.17) is 4.74 Å². The number of ether oxygens (including phenoxy) is 1. The molecule has 0 spiro atoms. The molecule has 2 aromatic rings. The van der Waals surface area contributed by atoms with E-state index < -0.39 is 6.10 Å². The van der Waals surface area contributed by atoms with Gasteiger partial charge >= 0.3 is 0 Å². The Morgan fingerprint density at radius 3 is 2.71 bits per heavy atom. The molecule has 0 amide bonds. The normalized spacial score (nSPS) is 12.4. The van der Waals surface area contributed by atoms with E-state index in [2.05, 4.69) is 10.2 Å². The lowest BCUT2D eigenvalue weighted by Gasteiger charge is -2.13. The molecule has 0 radical (unpaired) electrons. The summed E-state index contributed by atoms with van der Waals surface area (Å²) in [6, 6.07) is 7.73. The molecule has 5 heteroatoms. The van der Waals surface area contributed by atoms with Gasteiger partial charge in [-0.15, -0.1) is 10.2 Å². The van der Waals surface area contributed by atoms with Crippen molar-refractivity contribution in [1.82, 2.24) is 14.8 Å². The van der Waals surface area contributed by atoms with Gasteiger partial charge in [0.1, 0.15) is 31.1 Å². The van der Waals surface area contributed by atoms with Crippen molar-refractivity contribution in [2.24, 2.45) is 0 Å². The molecular formula is C12H15N3O2. The zero-order chi connectivity index (χ0) is 12.1. The number of aromatic nitrogens is 3. The van der Waals surface area contributed by atoms with Gasteiger partial charge in [-0.05, 0) is 18.6 Å². The van der Waals surface area contributed by atoms with Crippen LogP contribution in [-0.4, -0.2) is 32.6 Å². The second kappa shape index (κ2) is 5.45. The Balaban J connectivity index is 1.84. The van der Waals surface area contributed by atoms with E-state index in [1.165, 1.54) is 0 Å². The van der Waals surface area contributed by atoms with Crippen molar-refractivity contribution in [2.75, 3.05) is 6.61 Å². The Kier molecular flexibility index (Phi) is 3.72. The molecule has 1 aromatic heterocycles. The number of aryl methyl sites for hydroxylation is 1. The lowest BCUT2D eigenvalue weighted by atomic mass is 10.2. The molecule has 5 nitrogen and oxygen atoms in total. The van der Waals surface area contributed by atoms with E-state index >= 15 is 0 Å². The van der Waals surface area contributed by atoms with Gasteiger partial charge in [-0.1, -0.05) is 18.2 Å². The van der Waals surface area contributed by atoms with Crippen LogP contribution in [0.15, 0.2) is 36.9 Å². The molecule has 17 heavy (non-hydrogen) atoms. The number of benzene rings is 1. The first-order valence-electron chi connectivity index (χ1n) is 5.44. The number of hydrogen-bond donors (Lipinski definition) is 1. The molecule has 1 aromatic carbocycles. The van der Waals surface area contributed by atoms with Gasteiger partial charge in [0.25, 0.3) is 0 Å². The predicted octanol–water partition coefficient (Wildman–Crippen LogP) is 1.03. The summed E-state index contributed by atoms with van der Waals surface area (Å²) in [5.41, 5.74) is 1.06. The zero-order valence-electron chi connectivity index (χ0n) is 9.65. The van der Waals surface area contributed by atoms with Crippen molar-refractivity contribution in [3.8, 4) is 5.75 Å². The van der Waals surface area contributed by atoms with Crippen LogP contribution in [0.2, 0.25) is 0 Å². The monoisotopic (exact) mass is 233 g/mol. The van der Waals surface area contributed by atoms with Crippen molar-refractivity contribution < 1.29 is 9.84 Å². The quantitative estimate of drug-likeness (QED) is 0.837. The number of aliphatic hydroxyl groups is 1. The van der Waals surface area contributed by atoms with Crippen molar-refractivity contribution in [1.29, 1.82) is 0 Å². The van der Waals surface area contributed by atoms with Crippen LogP contribution in [0.5, 0.6) is 5.75 Å². The SMILES string of the molecule is Cc1ccccc1OCC(O)Cn1cnnc1. The first kappa shape index (κ1) is 11.6. The fourth-order valence-electron chi connectivity index (χ4n) is 1.52. The molecule has 90 valence electrons. The summed E-state index contributed by atoms with van der Waals surface area (Å²) >= 11 is 0. The first-order valence-corrected chi connectivity index (χ1v) is 5.44. The molecule has 0 saturated heterocycles. The number of hydrogen-bond acceptors (Lipinski definition) is 4. The number of nitrogens with zero attached hydrogens (tertiary/aromatic N) is 3. The zero-order valence-corrected chi connectivity index (χ0v) is 9.65. The average molecular weight is 233 g/mol. The minimum Gasteiger partial charge on any atom is -0.491 e. The van der Waals surface area contributed by atoms with E-state index in [-0.39, 0.29) is 6.61 Å². The third-order valence-corrected chi connectivity index (χ3v) is 2.41. The highest BCUT2D eigenvalue weighted by molar-refractivity contribution is 5.31. The fraction of sp³-hybridized carbons (Fsp3) is 0.333. The van der Waals surface area contributed by atoms with Crippen LogP contribution in [0.25, 0.3) is 0 Å². The minimum absolute atomic E-state index is 0.253. The van der Waals surface area contributed by atoms with Gasteiger partial charge in [0.05, 0.1) is 6.54 Å². The lowest BCUT2D eigenvalue weighted by Crippen LogP contribution is -2.23. The number of rotatable bonds is 5. The topological polar surface area (TPSA) is 60.2 Å². The smallest absolute Gasteiger partial charge is 0.122 e. The van der Waals surface area contributed by atoms with Gasteiger partial charge in [0.2, 0.25) is 0 Å². The van der Waals surface area contributed by atoms with Crippen LogP contribution in [0.4, 0.5) is 0 Å². The summed E-state index contributed by atoms with van der Waals surface area (Å²) < 4.78 is 7.26. The molecule has 0 bridgehead atoms. The third kappa shape index (κ3) is 3.29. The Hall–Kier alpha value is -1.88. The highest BCUT2D eigenvalue weighted by atomic mass is 16.5. The Bertz CT molecular complexity index is 457. The molecule has 0 aliphatic rings. The molecule has 0 aliphatic heterocycles. The summed E-state index contributed by atoms with van der Waals surface area (Å²) in [5.74, 6) is 0.801. The Morgan fingerprint density at radius 1 is 1.29 bits per heavy atom. The van der Waals surface area contributed by atoms with Gasteiger partial charge < -0.3 is 14.4 Å². The minimum atomic E-state index is -0.578. The fourth-order valence-corrected chi connectivity index (χ4v) is 1.52. The van der Waals surface area contributed by atoms with Crippen molar-refractivity contribution in [3.05, 3.63) is 42.5 Å². The van der Waals surface area contributed by atoms with E-state index in [1.807, 2.05) is 31.2 Å². The van der Waals surface area contributed by atoms with Gasteiger partial charge in [-0.2, -0.15) is 0 Å². The molecular weight excluding hydrogens is 218 g/mol. The molecule has 1 N–H and O–H groups in total. The molecule has 1 heterocycles. The molecule has 1 unspecified atom stereocenters. The van der Waals surface area contributed by atoms with Crippen LogP contribution in [0, 0.1) is 6.92 Å². The number of para-hydroxylation sites is 1. The predicted molar refractivity (Wildman–Crippen MR) is 62.7 cm³/mol. The summed E-state index contributed by atoms with van der Waals surface area (Å²) in [4.78, 5) is 0. The van der Waals surface area contributed by atoms with Crippen LogP contribution in [0.3, 0.4) is 0 Å². The second-order valence-electron chi connectivity index (χ2n) is 3.89.